The number of aliphatic hydroxyl groups is 1. The third-order valence-electron chi connectivity index (χ3n) is 20.1. The van der Waals surface area contributed by atoms with Crippen molar-refractivity contribution in [2.45, 2.75) is 250 Å². The zero-order chi connectivity index (χ0) is 95.7. The highest BCUT2D eigenvalue weighted by molar-refractivity contribution is 7.10. The molecule has 0 spiro atoms. The van der Waals surface area contributed by atoms with E-state index in [9.17, 15) is 9.90 Å². The number of imidazole rings is 1. The molecule has 0 radical (unpaired) electrons. The molecule has 0 bridgehead atoms. The number of hydrogen-bond acceptors (Lipinski definition) is 18. The van der Waals surface area contributed by atoms with Gasteiger partial charge in [0, 0.05) is 90.2 Å². The fraction of sp³-hybridized carbons (Fsp3) is 0.436. The van der Waals surface area contributed by atoms with Crippen molar-refractivity contribution in [3.05, 3.63) is 301 Å². The standard InChI is InChI=1S/C15H20N2.C15H17NO2S.C14H18N2O2.C14H18N2O.C14H18N2.C14H21NO.2C12H16N2/c1-15(2,3)11-14-16-9-10-17(14)12-13-7-5-4-6-8-13;1-15(2,3)14-16-11(9-19-14)10-4-5-12-13(8-10)18-7-6-17-12;1-14(2,3)8-12-15-13(18-16-12)11-7-5-4-6-10(11)9-17;1-10-5-7-11(8-6-10)13-15-12(17-16-13)9-14(2,3)4;1-14(2,3)11-12-5-7-13(8-6-12)16-10-4-9-15-16;1-10-7-6-8-11(2)13(10)15-12(16)9-14(3,4)5;2*1-12(2,3)7-9-4-5-10-11(6-9)14-8-13-10/h4-10H,11-12H2,1-3H3;4-5,8-9H,6-7H2,1-3H3;4-7,17H,8-9H2,1-3H3;5-8H,9H2,1-4H3;4-10H,11H2,1-3H3;6-8H,9H2,1-5H3,(H,15,16);2*4-6H,7-8H2,1-3H3. The molecule has 8 heterocycles. The quantitative estimate of drug-likeness (QED) is 0.0971. The number of benzene rings is 8. The Labute approximate surface area is 783 Å². The van der Waals surface area contributed by atoms with Gasteiger partial charge in [-0.05, 0) is 184 Å². The van der Waals surface area contributed by atoms with E-state index in [0.29, 0.717) is 72.6 Å². The van der Waals surface area contributed by atoms with Gasteiger partial charge in [-0.15, -0.1) is 11.3 Å². The number of hydrogen-bond donors (Lipinski definition) is 2. The van der Waals surface area contributed by atoms with E-state index in [2.05, 4.69) is 342 Å². The molecule has 5 aromatic heterocycles. The number of nitrogens with zero attached hydrogens (tertiary/aromatic N) is 13. The molecule has 0 saturated carbocycles. The Morgan fingerprint density at radius 2 is 1.01 bits per heavy atom. The second kappa shape index (κ2) is 45.9. The second-order valence-electron chi connectivity index (χ2n) is 43.5. The Morgan fingerprint density at radius 1 is 0.466 bits per heavy atom. The van der Waals surface area contributed by atoms with Gasteiger partial charge < -0.3 is 33.5 Å². The number of ether oxygens (including phenoxy) is 2. The van der Waals surface area contributed by atoms with Gasteiger partial charge >= 0.3 is 0 Å². The molecule has 131 heavy (non-hydrogen) atoms. The minimum atomic E-state index is -0.0346. The summed E-state index contributed by atoms with van der Waals surface area (Å²) in [7, 11) is 0. The average Bonchev–Trinajstić information content (AvgIpc) is 1.74. The van der Waals surface area contributed by atoms with Crippen molar-refractivity contribution in [3.8, 4) is 51.3 Å². The van der Waals surface area contributed by atoms with Crippen LogP contribution >= 0.6 is 11.3 Å². The van der Waals surface area contributed by atoms with Crippen LogP contribution in [0.5, 0.6) is 11.5 Å². The number of aliphatic hydroxyl groups excluding tert-OH is 1. The SMILES string of the molecule is CC(C)(C)Cc1ccc(-n2cccn2)cc1.CC(C)(C)Cc1ccc2c(c1)=NCN=2.CC(C)(C)Cc1ccc2c(c1)=NCN=2.CC(C)(C)Cc1nccn1Cc1ccccc1.CC(C)(C)Cc1noc(-c2ccccc2CO)n1.CC(C)(C)c1nc(-c2ccc3c(c2)OCCO3)cs1.Cc1ccc(-c2noc(CC(C)(C)C)n2)cc1.Cc1cccc(C)c1NC(=O)CC(C)(C)C. The van der Waals surface area contributed by atoms with Crippen LogP contribution < -0.4 is 36.2 Å². The van der Waals surface area contributed by atoms with Crippen LogP contribution in [-0.4, -0.2) is 82.2 Å². The molecule has 16 rings (SSSR count). The number of anilines is 1. The van der Waals surface area contributed by atoms with Gasteiger partial charge in [-0.2, -0.15) is 15.1 Å². The first-order chi connectivity index (χ1) is 61.4. The van der Waals surface area contributed by atoms with Crippen LogP contribution in [0.25, 0.3) is 39.8 Å². The Hall–Kier alpha value is -11.7. The van der Waals surface area contributed by atoms with Gasteiger partial charge in [0.05, 0.1) is 44.4 Å². The van der Waals surface area contributed by atoms with E-state index in [1.54, 1.807) is 17.5 Å². The normalized spacial score (nSPS) is 12.7. The average molecular weight is 1790 g/mol. The third-order valence-corrected chi connectivity index (χ3v) is 21.4. The summed E-state index contributed by atoms with van der Waals surface area (Å²) < 4.78 is 25.8. The van der Waals surface area contributed by atoms with Crippen molar-refractivity contribution in [1.29, 1.82) is 0 Å². The number of aromatic nitrogens is 9. The Bertz CT molecular complexity index is 5920. The van der Waals surface area contributed by atoms with Gasteiger partial charge in [0.15, 0.2) is 17.3 Å². The minimum Gasteiger partial charge on any atom is -0.486 e. The van der Waals surface area contributed by atoms with E-state index in [-0.39, 0.29) is 39.6 Å². The van der Waals surface area contributed by atoms with Crippen molar-refractivity contribution < 1.29 is 28.4 Å². The van der Waals surface area contributed by atoms with Crippen LogP contribution in [0.1, 0.15) is 240 Å². The molecule has 1 amide bonds. The minimum absolute atomic E-state index is 0.0284. The first-order valence-electron chi connectivity index (χ1n) is 45.7. The number of para-hydroxylation sites is 1. The first-order valence-corrected chi connectivity index (χ1v) is 46.6. The number of rotatable bonds is 15. The lowest BCUT2D eigenvalue weighted by Crippen LogP contribution is -2.23. The van der Waals surface area contributed by atoms with Crippen LogP contribution in [0.4, 0.5) is 5.69 Å². The number of amides is 1. The molecule has 3 aliphatic rings. The summed E-state index contributed by atoms with van der Waals surface area (Å²) in [6, 6.07) is 61.5. The number of thiazole rings is 1. The van der Waals surface area contributed by atoms with E-state index >= 15 is 0 Å². The molecule has 0 atom stereocenters. The number of nitrogens with one attached hydrogen (secondary N) is 1. The van der Waals surface area contributed by atoms with E-state index in [1.807, 2.05) is 116 Å². The highest BCUT2D eigenvalue weighted by Crippen LogP contribution is 2.37. The number of carbonyl (C=O) groups excluding carboxylic acids is 1. The second-order valence-corrected chi connectivity index (χ2v) is 44.3. The maximum atomic E-state index is 11.8. The molecule has 21 heteroatoms. The predicted octanol–water partition coefficient (Wildman–Crippen LogP) is 24.0. The molecular weight excluding hydrogens is 1650 g/mol. The molecular formula is C110H144N14O6S. The molecule has 3 aliphatic heterocycles. The monoisotopic (exact) mass is 1790 g/mol. The highest BCUT2D eigenvalue weighted by atomic mass is 32.1. The Kier molecular flexibility index (Phi) is 36.1. The van der Waals surface area contributed by atoms with Crippen LogP contribution in [0.15, 0.2) is 241 Å². The Morgan fingerprint density at radius 3 is 1.55 bits per heavy atom. The molecule has 0 aliphatic carbocycles. The van der Waals surface area contributed by atoms with Gasteiger partial charge in [-0.1, -0.05) is 297 Å². The number of fused-ring (bicyclic) bond motifs is 3. The fourth-order valence-electron chi connectivity index (χ4n) is 14.2. The number of aryl methyl sites for hydroxylation is 3. The van der Waals surface area contributed by atoms with Gasteiger partial charge in [0.25, 0.3) is 5.89 Å². The van der Waals surface area contributed by atoms with Gasteiger partial charge in [0.2, 0.25) is 17.6 Å². The maximum absolute atomic E-state index is 11.8. The molecule has 2 N–H and O–H groups in total. The van der Waals surface area contributed by atoms with E-state index < -0.39 is 0 Å². The fourth-order valence-corrected chi connectivity index (χ4v) is 15.1. The largest absolute Gasteiger partial charge is 0.486 e. The number of carbonyl (C=O) groups is 1. The van der Waals surface area contributed by atoms with Crippen LogP contribution in [0.3, 0.4) is 0 Å². The third kappa shape index (κ3) is 36.2. The van der Waals surface area contributed by atoms with Crippen LogP contribution in [-0.2, 0) is 61.9 Å². The Balaban J connectivity index is 0.000000169. The lowest BCUT2D eigenvalue weighted by Gasteiger charge is -2.18. The molecule has 0 saturated heterocycles. The molecule has 0 fully saturated rings. The highest BCUT2D eigenvalue weighted by Gasteiger charge is 2.25. The summed E-state index contributed by atoms with van der Waals surface area (Å²) in [6.07, 6.45) is 14.1. The van der Waals surface area contributed by atoms with Gasteiger partial charge in [-0.3, -0.25) is 24.8 Å². The van der Waals surface area contributed by atoms with Crippen molar-refractivity contribution in [2.75, 3.05) is 31.9 Å². The summed E-state index contributed by atoms with van der Waals surface area (Å²) in [5, 5.41) is 32.0. The van der Waals surface area contributed by atoms with Gasteiger partial charge in [0.1, 0.15) is 32.4 Å². The van der Waals surface area contributed by atoms with Crippen LogP contribution in [0, 0.1) is 58.7 Å². The first kappa shape index (κ1) is 103. The van der Waals surface area contributed by atoms with E-state index in [0.717, 1.165) is 133 Å². The molecule has 0 unspecified atom stereocenters. The topological polar surface area (TPSA) is 244 Å². The zero-order valence-electron chi connectivity index (χ0n) is 83.1. The van der Waals surface area contributed by atoms with Gasteiger partial charge in [-0.25, -0.2) is 14.6 Å². The summed E-state index contributed by atoms with van der Waals surface area (Å²) in [4.78, 5) is 47.0. The summed E-state index contributed by atoms with van der Waals surface area (Å²) in [6.45, 7) is 62.0. The predicted molar refractivity (Wildman–Crippen MR) is 534 cm³/mol. The molecule has 696 valence electrons. The van der Waals surface area contributed by atoms with Crippen molar-refractivity contribution in [2.24, 2.45) is 57.9 Å². The summed E-state index contributed by atoms with van der Waals surface area (Å²) >= 11 is 1.71. The zero-order valence-corrected chi connectivity index (χ0v) is 83.9. The van der Waals surface area contributed by atoms with Crippen molar-refractivity contribution >= 4 is 22.9 Å². The van der Waals surface area contributed by atoms with Crippen molar-refractivity contribution in [1.82, 2.24) is 44.6 Å². The lowest BCUT2D eigenvalue weighted by atomic mass is 9.88. The molecule has 8 aromatic carbocycles. The lowest BCUT2D eigenvalue weighted by molar-refractivity contribution is -0.117. The smallest absolute Gasteiger partial charge is 0.258 e. The van der Waals surface area contributed by atoms with E-state index in [1.165, 1.54) is 33.6 Å². The van der Waals surface area contributed by atoms with Crippen LogP contribution in [0.2, 0.25) is 0 Å². The molecule has 13 aromatic rings. The van der Waals surface area contributed by atoms with Crippen molar-refractivity contribution in [3.63, 3.8) is 0 Å². The molecule has 20 nitrogen and oxygen atoms in total. The summed E-state index contributed by atoms with van der Waals surface area (Å²) in [5.41, 5.74) is 17.3. The van der Waals surface area contributed by atoms with E-state index in [4.69, 9.17) is 23.5 Å². The summed E-state index contributed by atoms with van der Waals surface area (Å²) in [5.74, 6) is 5.43. The maximum Gasteiger partial charge on any atom is 0.258 e.